The predicted molar refractivity (Wildman–Crippen MR) is 213 cm³/mol. The van der Waals surface area contributed by atoms with Crippen molar-refractivity contribution in [1.29, 1.82) is 15.8 Å². The first-order valence-corrected chi connectivity index (χ1v) is 17.2. The second-order valence-corrected chi connectivity index (χ2v) is 12.5. The number of hydrogen-bond donors (Lipinski definition) is 0. The van der Waals surface area contributed by atoms with Crippen LogP contribution in [0.3, 0.4) is 0 Å². The molecule has 6 nitrogen and oxygen atoms in total. The standard InChI is InChI=1S/C48H33N3O3/c1-52-40-22-16-37(17-23-40)46-43(34-10-4-31(28-49)5-11-34)47(38-18-24-41(53-2)25-19-38)45(36-14-8-33(30-51)9-15-36)48(39-20-26-42(54-3)27-21-39)44(46)35-12-6-32(29-50)7-13-35/h4-27H,1-3H3. The Morgan fingerprint density at radius 3 is 0.593 bits per heavy atom. The monoisotopic (exact) mass is 699 g/mol. The van der Waals surface area contributed by atoms with Crippen LogP contribution in [0.5, 0.6) is 17.2 Å². The van der Waals surface area contributed by atoms with Gasteiger partial charge in [-0.3, -0.25) is 0 Å². The summed E-state index contributed by atoms with van der Waals surface area (Å²) < 4.78 is 16.8. The van der Waals surface area contributed by atoms with Crippen LogP contribution >= 0.6 is 0 Å². The molecule has 0 spiro atoms. The molecular formula is C48H33N3O3. The van der Waals surface area contributed by atoms with E-state index in [4.69, 9.17) is 14.2 Å². The normalized spacial score (nSPS) is 10.4. The summed E-state index contributed by atoms with van der Waals surface area (Å²) in [6.45, 7) is 0. The summed E-state index contributed by atoms with van der Waals surface area (Å²) in [5, 5.41) is 29.4. The summed E-state index contributed by atoms with van der Waals surface area (Å²) in [6.07, 6.45) is 0. The number of benzene rings is 7. The second kappa shape index (κ2) is 15.3. The van der Waals surface area contributed by atoms with E-state index in [1.54, 1.807) is 21.3 Å². The van der Waals surface area contributed by atoms with Crippen LogP contribution in [0.15, 0.2) is 146 Å². The van der Waals surface area contributed by atoms with E-state index in [9.17, 15) is 15.8 Å². The zero-order valence-electron chi connectivity index (χ0n) is 29.9. The molecule has 0 atom stereocenters. The Kier molecular flexibility index (Phi) is 9.90. The molecule has 0 N–H and O–H groups in total. The SMILES string of the molecule is COc1ccc(-c2c(-c3ccc(C#N)cc3)c(-c3ccc(OC)cc3)c(-c3ccc(C#N)cc3)c(-c3ccc(OC)cc3)c2-c2ccc(C#N)cc2)cc1. The minimum absolute atomic E-state index is 0.547. The van der Waals surface area contributed by atoms with Crippen LogP contribution in [0.1, 0.15) is 16.7 Å². The molecule has 0 unspecified atom stereocenters. The molecule has 0 aliphatic heterocycles. The molecule has 0 saturated heterocycles. The van der Waals surface area contributed by atoms with Crippen molar-refractivity contribution in [3.63, 3.8) is 0 Å². The molecular weight excluding hydrogens is 667 g/mol. The maximum Gasteiger partial charge on any atom is 0.118 e. The summed E-state index contributed by atoms with van der Waals surface area (Å²) in [7, 11) is 4.94. The van der Waals surface area contributed by atoms with E-state index in [1.807, 2.05) is 109 Å². The molecule has 7 rings (SSSR count). The summed E-state index contributed by atoms with van der Waals surface area (Å²) in [6, 6.07) is 53.9. The number of ether oxygens (including phenoxy) is 3. The van der Waals surface area contributed by atoms with Gasteiger partial charge in [0.05, 0.1) is 56.2 Å². The molecule has 0 aromatic heterocycles. The van der Waals surface area contributed by atoms with E-state index in [0.717, 1.165) is 84.0 Å². The van der Waals surface area contributed by atoms with Gasteiger partial charge in [0, 0.05) is 0 Å². The highest BCUT2D eigenvalue weighted by Gasteiger charge is 2.29. The molecule has 0 aliphatic carbocycles. The quantitative estimate of drug-likeness (QED) is 0.149. The summed E-state index contributed by atoms with van der Waals surface area (Å²) in [5.41, 5.74) is 12.8. The Bertz CT molecular complexity index is 2260. The van der Waals surface area contributed by atoms with E-state index in [-0.39, 0.29) is 0 Å². The van der Waals surface area contributed by atoms with E-state index < -0.39 is 0 Å². The molecule has 0 bridgehead atoms. The van der Waals surface area contributed by atoms with Crippen molar-refractivity contribution in [3.05, 3.63) is 162 Å². The third-order valence-corrected chi connectivity index (χ3v) is 9.54. The molecule has 6 heteroatoms. The van der Waals surface area contributed by atoms with E-state index in [0.29, 0.717) is 16.7 Å². The van der Waals surface area contributed by atoms with Gasteiger partial charge in [-0.05, 0) is 140 Å². The minimum atomic E-state index is 0.547. The average molecular weight is 700 g/mol. The first kappa shape index (κ1) is 34.8. The lowest BCUT2D eigenvalue weighted by molar-refractivity contribution is 0.415. The van der Waals surface area contributed by atoms with Crippen LogP contribution in [-0.2, 0) is 0 Å². The highest BCUT2D eigenvalue weighted by atomic mass is 16.5. The Labute approximate surface area is 314 Å². The number of rotatable bonds is 9. The molecule has 0 amide bonds. The van der Waals surface area contributed by atoms with Crippen molar-refractivity contribution in [2.75, 3.05) is 21.3 Å². The summed E-state index contributed by atoms with van der Waals surface area (Å²) in [5.74, 6) is 2.16. The van der Waals surface area contributed by atoms with Gasteiger partial charge in [-0.25, -0.2) is 0 Å². The maximum absolute atomic E-state index is 9.81. The first-order valence-electron chi connectivity index (χ1n) is 17.2. The van der Waals surface area contributed by atoms with Gasteiger partial charge in [-0.2, -0.15) is 15.8 Å². The van der Waals surface area contributed by atoms with Crippen molar-refractivity contribution in [2.45, 2.75) is 0 Å². The van der Waals surface area contributed by atoms with Crippen molar-refractivity contribution in [1.82, 2.24) is 0 Å². The van der Waals surface area contributed by atoms with Crippen LogP contribution in [0.2, 0.25) is 0 Å². The van der Waals surface area contributed by atoms with Crippen LogP contribution in [-0.4, -0.2) is 21.3 Å². The molecule has 0 heterocycles. The van der Waals surface area contributed by atoms with Gasteiger partial charge < -0.3 is 14.2 Å². The van der Waals surface area contributed by atoms with Crippen LogP contribution in [0.25, 0.3) is 66.8 Å². The molecule has 0 saturated carbocycles. The fraction of sp³-hybridized carbons (Fsp3) is 0.0625. The number of nitriles is 3. The van der Waals surface area contributed by atoms with Gasteiger partial charge >= 0.3 is 0 Å². The smallest absolute Gasteiger partial charge is 0.118 e. The Hall–Kier alpha value is -7.59. The Morgan fingerprint density at radius 2 is 0.444 bits per heavy atom. The average Bonchev–Trinajstić information content (AvgIpc) is 3.25. The second-order valence-electron chi connectivity index (χ2n) is 12.5. The van der Waals surface area contributed by atoms with Gasteiger partial charge in [-0.1, -0.05) is 72.8 Å². The van der Waals surface area contributed by atoms with Gasteiger partial charge in [-0.15, -0.1) is 0 Å². The predicted octanol–water partition coefficient (Wildman–Crippen LogP) is 11.3. The zero-order valence-corrected chi connectivity index (χ0v) is 29.9. The lowest BCUT2D eigenvalue weighted by atomic mass is 9.74. The third-order valence-electron chi connectivity index (χ3n) is 9.54. The Balaban J connectivity index is 1.79. The zero-order chi connectivity index (χ0) is 37.6. The minimum Gasteiger partial charge on any atom is -0.497 e. The molecule has 0 aliphatic rings. The molecule has 0 fully saturated rings. The lowest BCUT2D eigenvalue weighted by Gasteiger charge is -2.29. The number of hydrogen-bond acceptors (Lipinski definition) is 6. The van der Waals surface area contributed by atoms with Crippen molar-refractivity contribution >= 4 is 0 Å². The molecule has 0 radical (unpaired) electrons. The van der Waals surface area contributed by atoms with Crippen molar-refractivity contribution in [3.8, 4) is 102 Å². The van der Waals surface area contributed by atoms with Gasteiger partial charge in [0.1, 0.15) is 17.2 Å². The molecule has 54 heavy (non-hydrogen) atoms. The Morgan fingerprint density at radius 1 is 0.278 bits per heavy atom. The first-order chi connectivity index (χ1) is 26.5. The van der Waals surface area contributed by atoms with Crippen molar-refractivity contribution < 1.29 is 14.2 Å². The molecule has 258 valence electrons. The highest BCUT2D eigenvalue weighted by molar-refractivity contribution is 6.15. The van der Waals surface area contributed by atoms with E-state index in [1.165, 1.54) is 0 Å². The van der Waals surface area contributed by atoms with Gasteiger partial charge in [0.15, 0.2) is 0 Å². The van der Waals surface area contributed by atoms with E-state index >= 15 is 0 Å². The number of methoxy groups -OCH3 is 3. The van der Waals surface area contributed by atoms with E-state index in [2.05, 4.69) is 54.6 Å². The molecule has 7 aromatic carbocycles. The van der Waals surface area contributed by atoms with Crippen LogP contribution in [0.4, 0.5) is 0 Å². The third kappa shape index (κ3) is 6.62. The maximum atomic E-state index is 9.81. The van der Waals surface area contributed by atoms with Gasteiger partial charge in [0.25, 0.3) is 0 Å². The molecule has 7 aromatic rings. The topological polar surface area (TPSA) is 99.1 Å². The lowest BCUT2D eigenvalue weighted by Crippen LogP contribution is -2.02. The summed E-state index contributed by atoms with van der Waals surface area (Å²) in [4.78, 5) is 0. The van der Waals surface area contributed by atoms with Gasteiger partial charge in [0.2, 0.25) is 0 Å². The van der Waals surface area contributed by atoms with Crippen molar-refractivity contribution in [2.24, 2.45) is 0 Å². The summed E-state index contributed by atoms with van der Waals surface area (Å²) >= 11 is 0. The van der Waals surface area contributed by atoms with Crippen LogP contribution < -0.4 is 14.2 Å². The largest absolute Gasteiger partial charge is 0.497 e. The van der Waals surface area contributed by atoms with Crippen LogP contribution in [0, 0.1) is 34.0 Å². The fourth-order valence-electron chi connectivity index (χ4n) is 6.89. The fourth-order valence-corrected chi connectivity index (χ4v) is 6.89. The highest BCUT2D eigenvalue weighted by Crippen LogP contribution is 2.56. The number of nitrogens with zero attached hydrogens (tertiary/aromatic N) is 3.